The molecule has 2 aromatic rings. The highest BCUT2D eigenvalue weighted by Gasteiger charge is 2.50. The van der Waals surface area contributed by atoms with Crippen molar-refractivity contribution in [3.05, 3.63) is 54.5 Å². The molecule has 7 nitrogen and oxygen atoms in total. The predicted molar refractivity (Wildman–Crippen MR) is 96.4 cm³/mol. The summed E-state index contributed by atoms with van der Waals surface area (Å²) in [5.74, 6) is 0.772. The van der Waals surface area contributed by atoms with Gasteiger partial charge in [0, 0.05) is 18.8 Å². The van der Waals surface area contributed by atoms with E-state index in [-0.39, 0.29) is 11.9 Å². The minimum atomic E-state index is -0.570. The molecule has 3 heterocycles. The number of furan rings is 1. The van der Waals surface area contributed by atoms with Crippen LogP contribution in [-0.4, -0.2) is 42.1 Å². The first-order chi connectivity index (χ1) is 12.7. The molecule has 0 radical (unpaired) electrons. The van der Waals surface area contributed by atoms with Crippen LogP contribution >= 0.6 is 0 Å². The highest BCUT2D eigenvalue weighted by molar-refractivity contribution is 5.93. The second kappa shape index (κ2) is 6.74. The van der Waals surface area contributed by atoms with Crippen LogP contribution in [0.4, 0.5) is 10.5 Å². The molecule has 0 saturated carbocycles. The molecule has 2 N–H and O–H groups in total. The van der Waals surface area contributed by atoms with Crippen molar-refractivity contribution in [2.45, 2.75) is 24.9 Å². The van der Waals surface area contributed by atoms with E-state index in [4.69, 9.17) is 4.42 Å². The normalized spacial score (nSPS) is 18.8. The average Bonchev–Trinajstić information content (AvgIpc) is 3.30. The Hall–Kier alpha value is -2.96. The van der Waals surface area contributed by atoms with E-state index in [1.54, 1.807) is 17.2 Å². The third-order valence-electron chi connectivity index (χ3n) is 5.28. The van der Waals surface area contributed by atoms with Crippen LogP contribution in [0.5, 0.6) is 0 Å². The van der Waals surface area contributed by atoms with Crippen LogP contribution < -0.4 is 15.5 Å². The third kappa shape index (κ3) is 2.89. The van der Waals surface area contributed by atoms with Crippen molar-refractivity contribution in [1.82, 2.24) is 15.5 Å². The van der Waals surface area contributed by atoms with Crippen LogP contribution in [0.1, 0.15) is 18.6 Å². The maximum atomic E-state index is 12.6. The molecule has 0 bridgehead atoms. The summed E-state index contributed by atoms with van der Waals surface area (Å²) < 4.78 is 5.23. The Bertz CT molecular complexity index is 767. The zero-order valence-corrected chi connectivity index (χ0v) is 14.5. The van der Waals surface area contributed by atoms with E-state index in [1.807, 2.05) is 36.4 Å². The molecular weight excluding hydrogens is 332 g/mol. The van der Waals surface area contributed by atoms with E-state index in [0.29, 0.717) is 39.1 Å². The number of likely N-dealkylation sites (tertiary alicyclic amines) is 1. The van der Waals surface area contributed by atoms with Crippen molar-refractivity contribution >= 4 is 17.6 Å². The molecule has 2 aliphatic heterocycles. The summed E-state index contributed by atoms with van der Waals surface area (Å²) in [5.41, 5.74) is 0.459. The molecule has 2 fully saturated rings. The minimum Gasteiger partial charge on any atom is -0.467 e. The van der Waals surface area contributed by atoms with Crippen LogP contribution in [0.2, 0.25) is 0 Å². The Morgan fingerprint density at radius 1 is 1.15 bits per heavy atom. The number of anilines is 1. The summed E-state index contributed by atoms with van der Waals surface area (Å²) in [6.45, 7) is 1.96. The molecule has 0 unspecified atom stereocenters. The number of benzene rings is 1. The number of nitrogens with zero attached hydrogens (tertiary/aromatic N) is 2. The first-order valence-electron chi connectivity index (χ1n) is 8.85. The van der Waals surface area contributed by atoms with Gasteiger partial charge in [-0.2, -0.15) is 0 Å². The van der Waals surface area contributed by atoms with Crippen LogP contribution in [0.25, 0.3) is 0 Å². The highest BCUT2D eigenvalue weighted by Crippen LogP contribution is 2.36. The van der Waals surface area contributed by atoms with Crippen LogP contribution in [0.3, 0.4) is 0 Å². The molecule has 1 aromatic heterocycles. The van der Waals surface area contributed by atoms with Crippen molar-refractivity contribution < 1.29 is 14.0 Å². The molecule has 1 spiro atoms. The van der Waals surface area contributed by atoms with Gasteiger partial charge < -0.3 is 24.9 Å². The predicted octanol–water partition coefficient (Wildman–Crippen LogP) is 1.92. The van der Waals surface area contributed by atoms with Crippen molar-refractivity contribution in [2.24, 2.45) is 0 Å². The molecule has 2 saturated heterocycles. The molecule has 1 aromatic carbocycles. The number of amides is 3. The lowest BCUT2D eigenvalue weighted by Crippen LogP contribution is -2.58. The SMILES string of the molecule is O=C(NCc1ccco1)N1CCC2(CC1)C(=O)NCN2c1ccccc1. The molecular formula is C19H22N4O3. The molecule has 136 valence electrons. The summed E-state index contributed by atoms with van der Waals surface area (Å²) >= 11 is 0. The Labute approximate surface area is 151 Å². The van der Waals surface area contributed by atoms with Crippen molar-refractivity contribution in [2.75, 3.05) is 24.7 Å². The van der Waals surface area contributed by atoms with Gasteiger partial charge >= 0.3 is 6.03 Å². The fourth-order valence-corrected chi connectivity index (χ4v) is 3.80. The first-order valence-corrected chi connectivity index (χ1v) is 8.85. The molecule has 7 heteroatoms. The van der Waals surface area contributed by atoms with E-state index < -0.39 is 5.54 Å². The number of hydrogen-bond donors (Lipinski definition) is 2. The lowest BCUT2D eigenvalue weighted by Gasteiger charge is -2.43. The van der Waals surface area contributed by atoms with Gasteiger partial charge in [-0.1, -0.05) is 18.2 Å². The molecule has 26 heavy (non-hydrogen) atoms. The maximum Gasteiger partial charge on any atom is 0.317 e. The molecule has 4 rings (SSSR count). The average molecular weight is 354 g/mol. The molecule has 2 aliphatic rings. The zero-order chi connectivity index (χ0) is 18.0. The number of nitrogens with one attached hydrogen (secondary N) is 2. The standard InChI is InChI=1S/C19H22N4O3/c24-17-19(23(14-21-17)15-5-2-1-3-6-15)8-10-22(11-9-19)18(25)20-13-16-7-4-12-26-16/h1-7,12H,8-11,13-14H2,(H,20,25)(H,21,24). The van der Waals surface area contributed by atoms with E-state index >= 15 is 0 Å². The van der Waals surface area contributed by atoms with Crippen LogP contribution in [0, 0.1) is 0 Å². The lowest BCUT2D eigenvalue weighted by atomic mass is 9.85. The second-order valence-electron chi connectivity index (χ2n) is 6.68. The first kappa shape index (κ1) is 16.5. The zero-order valence-electron chi connectivity index (χ0n) is 14.5. The van der Waals surface area contributed by atoms with Gasteiger partial charge in [-0.3, -0.25) is 4.79 Å². The van der Waals surface area contributed by atoms with Crippen LogP contribution in [0.15, 0.2) is 53.1 Å². The smallest absolute Gasteiger partial charge is 0.317 e. The highest BCUT2D eigenvalue weighted by atomic mass is 16.3. The number of carbonyl (C=O) groups excluding carboxylic acids is 2. The van der Waals surface area contributed by atoms with Gasteiger partial charge in [-0.05, 0) is 37.1 Å². The number of piperidine rings is 1. The van der Waals surface area contributed by atoms with E-state index in [9.17, 15) is 9.59 Å². The Morgan fingerprint density at radius 2 is 1.92 bits per heavy atom. The quantitative estimate of drug-likeness (QED) is 0.883. The van der Waals surface area contributed by atoms with E-state index in [1.165, 1.54) is 0 Å². The molecule has 3 amide bonds. The van der Waals surface area contributed by atoms with Crippen molar-refractivity contribution in [1.29, 1.82) is 0 Å². The molecule has 0 aliphatic carbocycles. The second-order valence-corrected chi connectivity index (χ2v) is 6.68. The Balaban J connectivity index is 1.41. The van der Waals surface area contributed by atoms with Gasteiger partial charge in [0.15, 0.2) is 0 Å². The topological polar surface area (TPSA) is 77.8 Å². The fourth-order valence-electron chi connectivity index (χ4n) is 3.80. The van der Waals surface area contributed by atoms with Crippen molar-refractivity contribution in [3.8, 4) is 0 Å². The summed E-state index contributed by atoms with van der Waals surface area (Å²) in [7, 11) is 0. The van der Waals surface area contributed by atoms with Gasteiger partial charge in [0.2, 0.25) is 5.91 Å². The third-order valence-corrected chi connectivity index (χ3v) is 5.28. The summed E-state index contributed by atoms with van der Waals surface area (Å²) in [6, 6.07) is 13.4. The summed E-state index contributed by atoms with van der Waals surface area (Å²) in [5, 5.41) is 5.84. The minimum absolute atomic E-state index is 0.0528. The Morgan fingerprint density at radius 3 is 2.62 bits per heavy atom. The Kier molecular flexibility index (Phi) is 4.28. The van der Waals surface area contributed by atoms with E-state index in [2.05, 4.69) is 15.5 Å². The van der Waals surface area contributed by atoms with Gasteiger partial charge in [0.1, 0.15) is 11.3 Å². The van der Waals surface area contributed by atoms with Gasteiger partial charge in [0.05, 0.1) is 19.5 Å². The number of rotatable bonds is 3. The monoisotopic (exact) mass is 354 g/mol. The summed E-state index contributed by atoms with van der Waals surface area (Å²) in [6.07, 6.45) is 2.81. The number of para-hydroxylation sites is 1. The molecule has 0 atom stereocenters. The fraction of sp³-hybridized carbons (Fsp3) is 0.368. The van der Waals surface area contributed by atoms with Gasteiger partial charge in [0.25, 0.3) is 0 Å². The lowest BCUT2D eigenvalue weighted by molar-refractivity contribution is -0.124. The number of urea groups is 1. The summed E-state index contributed by atoms with van der Waals surface area (Å²) in [4.78, 5) is 28.9. The number of carbonyl (C=O) groups is 2. The number of hydrogen-bond acceptors (Lipinski definition) is 4. The largest absolute Gasteiger partial charge is 0.467 e. The van der Waals surface area contributed by atoms with Gasteiger partial charge in [-0.25, -0.2) is 4.79 Å². The van der Waals surface area contributed by atoms with Gasteiger partial charge in [-0.15, -0.1) is 0 Å². The van der Waals surface area contributed by atoms with Crippen molar-refractivity contribution in [3.63, 3.8) is 0 Å². The van der Waals surface area contributed by atoms with E-state index in [0.717, 1.165) is 11.4 Å². The van der Waals surface area contributed by atoms with Crippen LogP contribution in [-0.2, 0) is 11.3 Å². The maximum absolute atomic E-state index is 12.6.